The van der Waals surface area contributed by atoms with Gasteiger partial charge >= 0.3 is 0 Å². The summed E-state index contributed by atoms with van der Waals surface area (Å²) in [5, 5.41) is 2.77. The first-order valence-electron chi connectivity index (χ1n) is 7.00. The molecule has 0 fully saturated rings. The number of nitrogens with one attached hydrogen (secondary N) is 1. The first kappa shape index (κ1) is 16.6. The largest absolute Gasteiger partial charge is 0.379 e. The van der Waals surface area contributed by atoms with Crippen LogP contribution in [0.3, 0.4) is 0 Å². The van der Waals surface area contributed by atoms with E-state index in [2.05, 4.69) is 12.2 Å². The van der Waals surface area contributed by atoms with Crippen molar-refractivity contribution in [3.8, 4) is 0 Å². The van der Waals surface area contributed by atoms with E-state index in [-0.39, 0.29) is 12.5 Å². The molecule has 1 aromatic rings. The van der Waals surface area contributed by atoms with E-state index in [0.717, 1.165) is 30.7 Å². The Balaban J connectivity index is 2.13. The summed E-state index contributed by atoms with van der Waals surface area (Å²) in [6, 6.07) is 7.46. The van der Waals surface area contributed by atoms with Crippen LogP contribution in [0.4, 0.5) is 5.69 Å². The van der Waals surface area contributed by atoms with Crippen molar-refractivity contribution >= 4 is 11.6 Å². The molecule has 1 amide bonds. The van der Waals surface area contributed by atoms with Gasteiger partial charge in [-0.1, -0.05) is 25.5 Å². The van der Waals surface area contributed by atoms with Crippen molar-refractivity contribution in [2.75, 3.05) is 31.7 Å². The lowest BCUT2D eigenvalue weighted by molar-refractivity contribution is -0.121. The Morgan fingerprint density at radius 2 is 2.05 bits per heavy atom. The van der Waals surface area contributed by atoms with Crippen molar-refractivity contribution in [3.05, 3.63) is 29.8 Å². The van der Waals surface area contributed by atoms with Crippen molar-refractivity contribution in [2.45, 2.75) is 26.3 Å². The first-order valence-corrected chi connectivity index (χ1v) is 7.00. The molecule has 5 nitrogen and oxygen atoms in total. The Labute approximate surface area is 120 Å². The second-order valence-electron chi connectivity index (χ2n) is 4.47. The van der Waals surface area contributed by atoms with E-state index in [1.165, 1.54) is 0 Å². The van der Waals surface area contributed by atoms with Gasteiger partial charge in [-0.05, 0) is 24.1 Å². The predicted molar refractivity (Wildman–Crippen MR) is 79.5 cm³/mol. The van der Waals surface area contributed by atoms with Crippen LogP contribution in [-0.4, -0.2) is 32.3 Å². The molecular formula is C15H24N2O3. The molecule has 0 saturated heterocycles. The summed E-state index contributed by atoms with van der Waals surface area (Å²) in [5.41, 5.74) is 7.26. The van der Waals surface area contributed by atoms with E-state index in [1.807, 2.05) is 24.3 Å². The molecule has 0 saturated carbocycles. The molecule has 0 spiro atoms. The molecule has 0 radical (unpaired) electrons. The topological polar surface area (TPSA) is 73.6 Å². The monoisotopic (exact) mass is 280 g/mol. The Morgan fingerprint density at radius 1 is 1.25 bits per heavy atom. The van der Waals surface area contributed by atoms with Crippen LogP contribution in [0.2, 0.25) is 0 Å². The highest BCUT2D eigenvalue weighted by Crippen LogP contribution is 2.09. The Kier molecular flexibility index (Phi) is 8.62. The minimum Gasteiger partial charge on any atom is -0.379 e. The maximum absolute atomic E-state index is 11.6. The van der Waals surface area contributed by atoms with Gasteiger partial charge in [-0.3, -0.25) is 4.79 Å². The highest BCUT2D eigenvalue weighted by atomic mass is 16.5. The highest BCUT2D eigenvalue weighted by molar-refractivity contribution is 5.91. The van der Waals surface area contributed by atoms with Crippen LogP contribution in [0.15, 0.2) is 24.3 Å². The van der Waals surface area contributed by atoms with Gasteiger partial charge in [0, 0.05) is 18.8 Å². The van der Waals surface area contributed by atoms with Gasteiger partial charge in [0.1, 0.15) is 6.61 Å². The van der Waals surface area contributed by atoms with Crippen LogP contribution in [0.1, 0.15) is 25.3 Å². The van der Waals surface area contributed by atoms with Gasteiger partial charge in [-0.25, -0.2) is 0 Å². The zero-order valence-corrected chi connectivity index (χ0v) is 12.1. The average molecular weight is 280 g/mol. The lowest BCUT2D eigenvalue weighted by atomic mass is 10.2. The summed E-state index contributed by atoms with van der Waals surface area (Å²) in [5.74, 6) is -0.173. The number of ether oxygens (including phenoxy) is 2. The number of carbonyl (C=O) groups excluding carboxylic acids is 1. The Bertz CT molecular complexity index is 396. The zero-order chi connectivity index (χ0) is 14.6. The van der Waals surface area contributed by atoms with Gasteiger partial charge in [0.15, 0.2) is 0 Å². The molecule has 0 aromatic heterocycles. The second kappa shape index (κ2) is 10.4. The molecule has 0 atom stereocenters. The molecular weight excluding hydrogens is 256 g/mol. The number of nitrogens with two attached hydrogens (primary N) is 1. The molecule has 20 heavy (non-hydrogen) atoms. The fourth-order valence-electron chi connectivity index (χ4n) is 1.60. The number of hydrogen-bond acceptors (Lipinski definition) is 4. The molecule has 3 N–H and O–H groups in total. The van der Waals surface area contributed by atoms with Gasteiger partial charge in [-0.15, -0.1) is 0 Å². The number of unbranched alkanes of at least 4 members (excludes halogenated alkanes) is 1. The SMILES string of the molecule is CCCCOCCOCC(=O)Nc1cccc(CN)c1. The van der Waals surface area contributed by atoms with E-state index in [0.29, 0.717) is 19.8 Å². The maximum atomic E-state index is 11.6. The molecule has 112 valence electrons. The summed E-state index contributed by atoms with van der Waals surface area (Å²) < 4.78 is 10.6. The van der Waals surface area contributed by atoms with Gasteiger partial charge < -0.3 is 20.5 Å². The molecule has 0 bridgehead atoms. The van der Waals surface area contributed by atoms with Crippen LogP contribution in [0.25, 0.3) is 0 Å². The van der Waals surface area contributed by atoms with Gasteiger partial charge in [0.25, 0.3) is 0 Å². The molecule has 1 aromatic carbocycles. The molecule has 0 unspecified atom stereocenters. The standard InChI is InChI=1S/C15H24N2O3/c1-2-3-7-19-8-9-20-12-15(18)17-14-6-4-5-13(10-14)11-16/h4-6,10H,2-3,7-9,11-12,16H2,1H3,(H,17,18). The molecule has 0 aliphatic carbocycles. The molecule has 1 rings (SSSR count). The molecule has 5 heteroatoms. The second-order valence-corrected chi connectivity index (χ2v) is 4.47. The summed E-state index contributed by atoms with van der Waals surface area (Å²) in [4.78, 5) is 11.6. The minimum atomic E-state index is -0.173. The lowest BCUT2D eigenvalue weighted by Crippen LogP contribution is -2.20. The summed E-state index contributed by atoms with van der Waals surface area (Å²) >= 11 is 0. The first-order chi connectivity index (χ1) is 9.76. The summed E-state index contributed by atoms with van der Waals surface area (Å²) in [7, 11) is 0. The van der Waals surface area contributed by atoms with E-state index in [4.69, 9.17) is 15.2 Å². The van der Waals surface area contributed by atoms with Crippen LogP contribution < -0.4 is 11.1 Å². The van der Waals surface area contributed by atoms with Crippen molar-refractivity contribution < 1.29 is 14.3 Å². The average Bonchev–Trinajstić information content (AvgIpc) is 2.46. The third-order valence-corrected chi connectivity index (χ3v) is 2.69. The van der Waals surface area contributed by atoms with E-state index >= 15 is 0 Å². The minimum absolute atomic E-state index is 0.0317. The van der Waals surface area contributed by atoms with Gasteiger partial charge in [0.05, 0.1) is 13.2 Å². The van der Waals surface area contributed by atoms with E-state index in [1.54, 1.807) is 0 Å². The third kappa shape index (κ3) is 7.23. The summed E-state index contributed by atoms with van der Waals surface area (Å²) in [6.07, 6.45) is 2.17. The molecule has 0 heterocycles. The zero-order valence-electron chi connectivity index (χ0n) is 12.1. The molecule has 0 aliphatic rings. The fraction of sp³-hybridized carbons (Fsp3) is 0.533. The van der Waals surface area contributed by atoms with Crippen molar-refractivity contribution in [3.63, 3.8) is 0 Å². The third-order valence-electron chi connectivity index (χ3n) is 2.69. The number of anilines is 1. The highest BCUT2D eigenvalue weighted by Gasteiger charge is 2.02. The summed E-state index contributed by atoms with van der Waals surface area (Å²) in [6.45, 7) is 4.30. The number of hydrogen-bond donors (Lipinski definition) is 2. The number of rotatable bonds is 10. The smallest absolute Gasteiger partial charge is 0.250 e. The van der Waals surface area contributed by atoms with Gasteiger partial charge in [-0.2, -0.15) is 0 Å². The van der Waals surface area contributed by atoms with Crippen LogP contribution in [0.5, 0.6) is 0 Å². The van der Waals surface area contributed by atoms with Crippen molar-refractivity contribution in [2.24, 2.45) is 5.73 Å². The fourth-order valence-corrected chi connectivity index (χ4v) is 1.60. The van der Waals surface area contributed by atoms with Crippen LogP contribution in [-0.2, 0) is 20.8 Å². The van der Waals surface area contributed by atoms with E-state index in [9.17, 15) is 4.79 Å². The van der Waals surface area contributed by atoms with Crippen molar-refractivity contribution in [1.29, 1.82) is 0 Å². The number of benzene rings is 1. The molecule has 0 aliphatic heterocycles. The maximum Gasteiger partial charge on any atom is 0.250 e. The quantitative estimate of drug-likeness (QED) is 0.642. The van der Waals surface area contributed by atoms with Crippen molar-refractivity contribution in [1.82, 2.24) is 0 Å². The number of amides is 1. The number of carbonyl (C=O) groups is 1. The van der Waals surface area contributed by atoms with E-state index < -0.39 is 0 Å². The Morgan fingerprint density at radius 3 is 2.80 bits per heavy atom. The lowest BCUT2D eigenvalue weighted by Gasteiger charge is -2.08. The van der Waals surface area contributed by atoms with Crippen LogP contribution >= 0.6 is 0 Å². The predicted octanol–water partition coefficient (Wildman–Crippen LogP) is 1.92. The Hall–Kier alpha value is -1.43. The van der Waals surface area contributed by atoms with Gasteiger partial charge in [0.2, 0.25) is 5.91 Å². The normalized spacial score (nSPS) is 10.5. The van der Waals surface area contributed by atoms with Crippen LogP contribution in [0, 0.1) is 0 Å².